The average molecular weight is 324 g/mol. The predicted molar refractivity (Wildman–Crippen MR) is 94.4 cm³/mol. The molecule has 1 N–H and O–H groups in total. The van der Waals surface area contributed by atoms with E-state index in [1.54, 1.807) is 38.2 Å². The van der Waals surface area contributed by atoms with Crippen LogP contribution >= 0.6 is 0 Å². The molecule has 0 unspecified atom stereocenters. The Morgan fingerprint density at radius 1 is 1.08 bits per heavy atom. The Labute approximate surface area is 141 Å². The van der Waals surface area contributed by atoms with Gasteiger partial charge < -0.3 is 10.1 Å². The maximum absolute atomic E-state index is 11.5. The molecule has 0 radical (unpaired) electrons. The summed E-state index contributed by atoms with van der Waals surface area (Å²) < 4.78 is 5.23. The molecule has 0 aliphatic rings. The van der Waals surface area contributed by atoms with Gasteiger partial charge in [0, 0.05) is 13.1 Å². The van der Waals surface area contributed by atoms with Gasteiger partial charge in [0.2, 0.25) is 5.91 Å². The van der Waals surface area contributed by atoms with Crippen LogP contribution in [0, 0.1) is 5.92 Å². The van der Waals surface area contributed by atoms with Gasteiger partial charge in [0.1, 0.15) is 11.6 Å². The highest BCUT2D eigenvalue weighted by Gasteiger charge is 2.09. The Hall–Kier alpha value is -2.95. The lowest BCUT2D eigenvalue weighted by Gasteiger charge is -2.06. The van der Waals surface area contributed by atoms with Gasteiger partial charge in [-0.1, -0.05) is 38.1 Å². The van der Waals surface area contributed by atoms with Gasteiger partial charge in [0.15, 0.2) is 0 Å². The molecule has 5 heteroatoms. The maximum Gasteiger partial charge on any atom is 0.313 e. The summed E-state index contributed by atoms with van der Waals surface area (Å²) in [5.41, 5.74) is 1.89. The zero-order valence-corrected chi connectivity index (χ0v) is 13.9. The van der Waals surface area contributed by atoms with Crippen molar-refractivity contribution in [2.24, 2.45) is 5.92 Å². The maximum atomic E-state index is 11.5. The fourth-order valence-electron chi connectivity index (χ4n) is 1.87. The summed E-state index contributed by atoms with van der Waals surface area (Å²) >= 11 is 0. The van der Waals surface area contributed by atoms with Crippen LogP contribution in [0.5, 0.6) is 5.75 Å². The molecule has 0 spiro atoms. The van der Waals surface area contributed by atoms with Gasteiger partial charge in [-0.15, -0.1) is 0 Å². The van der Waals surface area contributed by atoms with Gasteiger partial charge in [-0.2, -0.15) is 0 Å². The standard InChI is InChI=1S/C19H20N2O3/c1-13(2)19(23)24-17-8-6-15(7-9-17)4-5-16-10-11-20-18(12-16)21-14(3)22/h4-13H,1-3H3,(H,20,21,22)/b5-4+. The molecule has 0 fully saturated rings. The van der Waals surface area contributed by atoms with Crippen molar-refractivity contribution in [3.63, 3.8) is 0 Å². The topological polar surface area (TPSA) is 68.3 Å². The Kier molecular flexibility index (Phi) is 5.84. The van der Waals surface area contributed by atoms with E-state index in [-0.39, 0.29) is 17.8 Å². The highest BCUT2D eigenvalue weighted by atomic mass is 16.5. The molecule has 0 atom stereocenters. The highest BCUT2D eigenvalue weighted by Crippen LogP contribution is 2.16. The molecule has 0 saturated heterocycles. The number of benzene rings is 1. The third-order valence-electron chi connectivity index (χ3n) is 3.13. The lowest BCUT2D eigenvalue weighted by Crippen LogP contribution is -2.14. The third-order valence-corrected chi connectivity index (χ3v) is 3.13. The number of rotatable bonds is 5. The van der Waals surface area contributed by atoms with E-state index in [4.69, 9.17) is 4.74 Å². The van der Waals surface area contributed by atoms with E-state index in [0.29, 0.717) is 11.6 Å². The van der Waals surface area contributed by atoms with E-state index in [2.05, 4.69) is 10.3 Å². The van der Waals surface area contributed by atoms with Crippen LogP contribution in [-0.2, 0) is 9.59 Å². The lowest BCUT2D eigenvalue weighted by atomic mass is 10.1. The molecule has 0 bridgehead atoms. The summed E-state index contributed by atoms with van der Waals surface area (Å²) in [7, 11) is 0. The summed E-state index contributed by atoms with van der Waals surface area (Å²) in [5.74, 6) is 0.480. The van der Waals surface area contributed by atoms with Gasteiger partial charge in [0.05, 0.1) is 5.92 Å². The van der Waals surface area contributed by atoms with Crippen molar-refractivity contribution in [1.29, 1.82) is 0 Å². The highest BCUT2D eigenvalue weighted by molar-refractivity contribution is 5.88. The number of esters is 1. The monoisotopic (exact) mass is 324 g/mol. The van der Waals surface area contributed by atoms with Crippen molar-refractivity contribution >= 4 is 29.8 Å². The van der Waals surface area contributed by atoms with Crippen molar-refractivity contribution in [2.75, 3.05) is 5.32 Å². The van der Waals surface area contributed by atoms with E-state index in [9.17, 15) is 9.59 Å². The van der Waals surface area contributed by atoms with Crippen LogP contribution in [-0.4, -0.2) is 16.9 Å². The fraction of sp³-hybridized carbons (Fsp3) is 0.211. The molecular weight excluding hydrogens is 304 g/mol. The van der Waals surface area contributed by atoms with Crippen LogP contribution in [0.3, 0.4) is 0 Å². The second-order valence-electron chi connectivity index (χ2n) is 5.63. The van der Waals surface area contributed by atoms with Gasteiger partial charge in [-0.05, 0) is 35.4 Å². The van der Waals surface area contributed by atoms with Crippen LogP contribution in [0.2, 0.25) is 0 Å². The minimum atomic E-state index is -0.249. The molecule has 0 aliphatic carbocycles. The smallest absolute Gasteiger partial charge is 0.313 e. The summed E-state index contributed by atoms with van der Waals surface area (Å²) in [5, 5.41) is 2.65. The summed E-state index contributed by atoms with van der Waals surface area (Å²) in [6.45, 7) is 5.03. The zero-order chi connectivity index (χ0) is 17.5. The number of anilines is 1. The molecule has 1 heterocycles. The number of hydrogen-bond donors (Lipinski definition) is 1. The van der Waals surface area contributed by atoms with E-state index in [1.807, 2.05) is 30.4 Å². The third kappa shape index (κ3) is 5.35. The number of nitrogens with one attached hydrogen (secondary N) is 1. The average Bonchev–Trinajstić information content (AvgIpc) is 2.54. The Balaban J connectivity index is 2.04. The largest absolute Gasteiger partial charge is 0.426 e. The van der Waals surface area contributed by atoms with E-state index in [0.717, 1.165) is 11.1 Å². The molecular formula is C19H20N2O3. The first-order valence-electron chi connectivity index (χ1n) is 7.67. The molecule has 2 aromatic rings. The van der Waals surface area contributed by atoms with E-state index in [1.165, 1.54) is 6.92 Å². The van der Waals surface area contributed by atoms with Crippen LogP contribution in [0.15, 0.2) is 42.6 Å². The van der Waals surface area contributed by atoms with Crippen LogP contribution in [0.4, 0.5) is 5.82 Å². The van der Waals surface area contributed by atoms with E-state index < -0.39 is 0 Å². The number of pyridine rings is 1. The predicted octanol–water partition coefficient (Wildman–Crippen LogP) is 3.77. The molecule has 1 amide bonds. The Morgan fingerprint density at radius 2 is 1.75 bits per heavy atom. The van der Waals surface area contributed by atoms with Crippen LogP contribution < -0.4 is 10.1 Å². The molecule has 124 valence electrons. The van der Waals surface area contributed by atoms with Gasteiger partial charge >= 0.3 is 5.97 Å². The van der Waals surface area contributed by atoms with Gasteiger partial charge in [-0.3, -0.25) is 9.59 Å². The van der Waals surface area contributed by atoms with Crippen LogP contribution in [0.25, 0.3) is 12.2 Å². The number of carbonyl (C=O) groups excluding carboxylic acids is 2. The number of carbonyl (C=O) groups is 2. The molecule has 1 aromatic carbocycles. The quantitative estimate of drug-likeness (QED) is 0.671. The van der Waals surface area contributed by atoms with Crippen molar-refractivity contribution in [3.8, 4) is 5.75 Å². The molecule has 0 aliphatic heterocycles. The Morgan fingerprint density at radius 3 is 2.38 bits per heavy atom. The van der Waals surface area contributed by atoms with Crippen molar-refractivity contribution in [1.82, 2.24) is 4.98 Å². The number of aromatic nitrogens is 1. The second kappa shape index (κ2) is 8.06. The number of amides is 1. The molecule has 2 rings (SSSR count). The van der Waals surface area contributed by atoms with E-state index >= 15 is 0 Å². The zero-order valence-electron chi connectivity index (χ0n) is 13.9. The SMILES string of the molecule is CC(=O)Nc1cc(/C=C/c2ccc(OC(=O)C(C)C)cc2)ccn1. The number of nitrogens with zero attached hydrogens (tertiary/aromatic N) is 1. The lowest BCUT2D eigenvalue weighted by molar-refractivity contribution is -0.137. The molecule has 0 saturated carbocycles. The van der Waals surface area contributed by atoms with Crippen molar-refractivity contribution < 1.29 is 14.3 Å². The number of hydrogen-bond acceptors (Lipinski definition) is 4. The molecule has 5 nitrogen and oxygen atoms in total. The van der Waals surface area contributed by atoms with Crippen molar-refractivity contribution in [3.05, 3.63) is 53.7 Å². The number of ether oxygens (including phenoxy) is 1. The summed E-state index contributed by atoms with van der Waals surface area (Å²) in [6.07, 6.45) is 5.49. The second-order valence-corrected chi connectivity index (χ2v) is 5.63. The Bertz CT molecular complexity index is 749. The summed E-state index contributed by atoms with van der Waals surface area (Å²) in [4.78, 5) is 26.7. The minimum Gasteiger partial charge on any atom is -0.426 e. The first kappa shape index (κ1) is 17.4. The normalized spacial score (nSPS) is 10.8. The van der Waals surface area contributed by atoms with Crippen molar-refractivity contribution in [2.45, 2.75) is 20.8 Å². The molecule has 1 aromatic heterocycles. The first-order valence-corrected chi connectivity index (χ1v) is 7.67. The minimum absolute atomic E-state index is 0.157. The summed E-state index contributed by atoms with van der Waals surface area (Å²) in [6, 6.07) is 10.9. The van der Waals surface area contributed by atoms with Gasteiger partial charge in [-0.25, -0.2) is 4.98 Å². The van der Waals surface area contributed by atoms with Gasteiger partial charge in [0.25, 0.3) is 0 Å². The fourth-order valence-corrected chi connectivity index (χ4v) is 1.87. The first-order chi connectivity index (χ1) is 11.4. The van der Waals surface area contributed by atoms with Crippen LogP contribution in [0.1, 0.15) is 31.9 Å². The molecule has 24 heavy (non-hydrogen) atoms.